The summed E-state index contributed by atoms with van der Waals surface area (Å²) in [6.45, 7) is 17.2. The Balaban J connectivity index is 1.84. The molecule has 234 valence electrons. The summed E-state index contributed by atoms with van der Waals surface area (Å²) in [6, 6.07) is 29.0. The molecule has 5 aromatic carbocycles. The molecule has 1 aliphatic carbocycles. The van der Waals surface area contributed by atoms with Crippen molar-refractivity contribution in [3.05, 3.63) is 107 Å². The summed E-state index contributed by atoms with van der Waals surface area (Å²) in [5.41, 5.74) is 9.46. The maximum atomic E-state index is 14.3. The van der Waals surface area contributed by atoms with Crippen LogP contribution >= 0.6 is 0 Å². The van der Waals surface area contributed by atoms with Gasteiger partial charge in [0.1, 0.15) is 0 Å². The van der Waals surface area contributed by atoms with E-state index in [4.69, 9.17) is 9.47 Å². The second kappa shape index (κ2) is 11.6. The number of hydrogen-bond donors (Lipinski definition) is 0. The summed E-state index contributed by atoms with van der Waals surface area (Å²) in [6.07, 6.45) is 0. The van der Waals surface area contributed by atoms with E-state index in [0.29, 0.717) is 22.3 Å². The zero-order valence-corrected chi connectivity index (χ0v) is 28.1. The van der Waals surface area contributed by atoms with Gasteiger partial charge in [0.2, 0.25) is 0 Å². The average molecular weight is 611 g/mol. The van der Waals surface area contributed by atoms with Gasteiger partial charge in [-0.2, -0.15) is 0 Å². The number of fused-ring (bicyclic) bond motifs is 3. The van der Waals surface area contributed by atoms with E-state index in [1.807, 2.05) is 38.1 Å². The van der Waals surface area contributed by atoms with Gasteiger partial charge < -0.3 is 9.47 Å². The molecule has 0 aliphatic heterocycles. The van der Waals surface area contributed by atoms with E-state index >= 15 is 0 Å². The fourth-order valence-corrected chi connectivity index (χ4v) is 6.71. The van der Waals surface area contributed by atoms with Crippen molar-refractivity contribution >= 4 is 22.7 Å². The first-order valence-corrected chi connectivity index (χ1v) is 16.2. The fraction of sp³-hybridized carbons (Fsp3) is 0.286. The monoisotopic (exact) mass is 610 g/mol. The van der Waals surface area contributed by atoms with Crippen molar-refractivity contribution in [3.63, 3.8) is 0 Å². The van der Waals surface area contributed by atoms with Gasteiger partial charge >= 0.3 is 11.9 Å². The molecule has 4 heteroatoms. The van der Waals surface area contributed by atoms with E-state index in [2.05, 4.69) is 102 Å². The zero-order chi connectivity index (χ0) is 33.0. The highest BCUT2D eigenvalue weighted by molar-refractivity contribution is 6.27. The number of carbonyl (C=O) groups is 2. The molecule has 0 heterocycles. The topological polar surface area (TPSA) is 52.6 Å². The van der Waals surface area contributed by atoms with E-state index in [0.717, 1.165) is 44.2 Å². The SMILES string of the molecule is CCOC(=O)c1c(-c2ccc(C(C)(C)C)cc2)c(-c2ccc(C(C)(C)C)cc2)c(C(=O)OCC)c2c1-c1cccc3cccc-2c13. The van der Waals surface area contributed by atoms with Crippen LogP contribution in [0.1, 0.15) is 87.2 Å². The molecule has 4 nitrogen and oxygen atoms in total. The quantitative estimate of drug-likeness (QED) is 0.176. The summed E-state index contributed by atoms with van der Waals surface area (Å²) in [5.74, 6) is -0.831. The van der Waals surface area contributed by atoms with E-state index in [9.17, 15) is 9.59 Å². The van der Waals surface area contributed by atoms with Gasteiger partial charge in [0.25, 0.3) is 0 Å². The molecule has 0 aromatic heterocycles. The van der Waals surface area contributed by atoms with Gasteiger partial charge in [-0.3, -0.25) is 0 Å². The van der Waals surface area contributed by atoms with Gasteiger partial charge in [-0.25, -0.2) is 9.59 Å². The minimum absolute atomic E-state index is 0.0561. The van der Waals surface area contributed by atoms with Crippen molar-refractivity contribution in [1.29, 1.82) is 0 Å². The van der Waals surface area contributed by atoms with Gasteiger partial charge in [0, 0.05) is 22.3 Å². The summed E-state index contributed by atoms with van der Waals surface area (Å²) in [5, 5.41) is 2.06. The Morgan fingerprint density at radius 3 is 1.22 bits per heavy atom. The predicted molar refractivity (Wildman–Crippen MR) is 189 cm³/mol. The highest BCUT2D eigenvalue weighted by Crippen LogP contribution is 2.56. The first kappa shape index (κ1) is 31.3. The lowest BCUT2D eigenvalue weighted by atomic mass is 9.78. The molecule has 0 bridgehead atoms. The standard InChI is InChI=1S/C42H42O4/c1-9-45-39(43)37-33(26-17-21-28(22-18-26)41(3,4)5)34(27-19-23-29(24-20-27)42(6,7)8)38(40(44)46-10-2)36-31-16-12-14-25-13-11-15-30(32(25)31)35(36)37/h11-24H,9-10H2,1-8H3. The van der Waals surface area contributed by atoms with Crippen molar-refractivity contribution in [2.45, 2.75) is 66.2 Å². The number of esters is 2. The Morgan fingerprint density at radius 2 is 0.891 bits per heavy atom. The molecular formula is C42H42O4. The lowest BCUT2D eigenvalue weighted by Gasteiger charge is -2.25. The van der Waals surface area contributed by atoms with Crippen molar-refractivity contribution in [2.24, 2.45) is 0 Å². The largest absolute Gasteiger partial charge is 0.462 e. The first-order chi connectivity index (χ1) is 21.9. The Hall–Kier alpha value is -4.70. The molecule has 1 aliphatic rings. The van der Waals surface area contributed by atoms with Gasteiger partial charge in [-0.15, -0.1) is 0 Å². The molecule has 5 aromatic rings. The number of carbonyl (C=O) groups excluding carboxylic acids is 2. The predicted octanol–water partition coefficient (Wildman–Crippen LogP) is 10.8. The Labute approximate surface area is 272 Å². The molecule has 0 saturated heterocycles. The molecule has 46 heavy (non-hydrogen) atoms. The summed E-state index contributed by atoms with van der Waals surface area (Å²) >= 11 is 0. The summed E-state index contributed by atoms with van der Waals surface area (Å²) in [7, 11) is 0. The minimum Gasteiger partial charge on any atom is -0.462 e. The third kappa shape index (κ3) is 5.20. The lowest BCUT2D eigenvalue weighted by molar-refractivity contribution is 0.0514. The van der Waals surface area contributed by atoms with Crippen LogP contribution in [-0.4, -0.2) is 25.2 Å². The second-order valence-corrected chi connectivity index (χ2v) is 14.1. The average Bonchev–Trinajstić information content (AvgIpc) is 3.35. The van der Waals surface area contributed by atoms with Crippen LogP contribution in [0.15, 0.2) is 84.9 Å². The molecule has 0 fully saturated rings. The Bertz CT molecular complexity index is 1840. The first-order valence-electron chi connectivity index (χ1n) is 16.2. The smallest absolute Gasteiger partial charge is 0.339 e. The number of ether oxygens (including phenoxy) is 2. The zero-order valence-electron chi connectivity index (χ0n) is 28.1. The molecule has 0 atom stereocenters. The van der Waals surface area contributed by atoms with Crippen LogP contribution < -0.4 is 0 Å². The van der Waals surface area contributed by atoms with Crippen molar-refractivity contribution in [1.82, 2.24) is 0 Å². The van der Waals surface area contributed by atoms with Gasteiger partial charge in [-0.05, 0) is 68.8 Å². The van der Waals surface area contributed by atoms with Crippen LogP contribution in [0.25, 0.3) is 55.3 Å². The highest BCUT2D eigenvalue weighted by Gasteiger charge is 2.38. The van der Waals surface area contributed by atoms with Crippen LogP contribution in [-0.2, 0) is 20.3 Å². The third-order valence-electron chi connectivity index (χ3n) is 8.98. The maximum Gasteiger partial charge on any atom is 0.339 e. The second-order valence-electron chi connectivity index (χ2n) is 14.1. The van der Waals surface area contributed by atoms with Crippen molar-refractivity contribution in [3.8, 4) is 44.5 Å². The number of benzene rings is 5. The summed E-state index contributed by atoms with van der Waals surface area (Å²) in [4.78, 5) is 28.7. The van der Waals surface area contributed by atoms with Gasteiger partial charge in [0.15, 0.2) is 0 Å². The molecule has 0 saturated carbocycles. The number of hydrogen-bond acceptors (Lipinski definition) is 4. The molecule has 0 N–H and O–H groups in total. The molecule has 0 unspecified atom stereocenters. The van der Waals surface area contributed by atoms with Gasteiger partial charge in [-0.1, -0.05) is 126 Å². The van der Waals surface area contributed by atoms with E-state index in [1.165, 1.54) is 11.1 Å². The van der Waals surface area contributed by atoms with E-state index < -0.39 is 11.9 Å². The highest BCUT2D eigenvalue weighted by atomic mass is 16.5. The molecule has 0 spiro atoms. The third-order valence-corrected chi connectivity index (χ3v) is 8.98. The van der Waals surface area contributed by atoms with Crippen LogP contribution in [0.4, 0.5) is 0 Å². The van der Waals surface area contributed by atoms with Crippen molar-refractivity contribution < 1.29 is 19.1 Å². The van der Waals surface area contributed by atoms with Crippen LogP contribution in [0, 0.1) is 0 Å². The van der Waals surface area contributed by atoms with Gasteiger partial charge in [0.05, 0.1) is 24.3 Å². The maximum absolute atomic E-state index is 14.3. The van der Waals surface area contributed by atoms with Crippen LogP contribution in [0.3, 0.4) is 0 Å². The Morgan fingerprint density at radius 1 is 0.522 bits per heavy atom. The fourth-order valence-electron chi connectivity index (χ4n) is 6.71. The van der Waals surface area contributed by atoms with E-state index in [-0.39, 0.29) is 24.0 Å². The normalized spacial score (nSPS) is 12.3. The van der Waals surface area contributed by atoms with Crippen molar-refractivity contribution in [2.75, 3.05) is 13.2 Å². The summed E-state index contributed by atoms with van der Waals surface area (Å²) < 4.78 is 11.7. The molecule has 6 rings (SSSR count). The van der Waals surface area contributed by atoms with Crippen LogP contribution in [0.5, 0.6) is 0 Å². The molecular weight excluding hydrogens is 568 g/mol. The molecule has 0 radical (unpaired) electrons. The van der Waals surface area contributed by atoms with Crippen LogP contribution in [0.2, 0.25) is 0 Å². The minimum atomic E-state index is -0.415. The molecule has 0 amide bonds. The number of rotatable bonds is 6. The lowest BCUT2D eigenvalue weighted by Crippen LogP contribution is -2.16. The van der Waals surface area contributed by atoms with E-state index in [1.54, 1.807) is 0 Å². The Kier molecular flexibility index (Phi) is 7.88.